The SMILES string of the molecule is COc1cccc(C(=O)NCC2(C)CCCN2)c1O. The van der Waals surface area contributed by atoms with E-state index in [1.54, 1.807) is 18.2 Å². The highest BCUT2D eigenvalue weighted by Gasteiger charge is 2.28. The molecule has 1 aliphatic rings. The lowest BCUT2D eigenvalue weighted by Gasteiger charge is -2.24. The van der Waals surface area contributed by atoms with Crippen LogP contribution in [0.1, 0.15) is 30.1 Å². The number of nitrogens with one attached hydrogen (secondary N) is 2. The minimum absolute atomic E-state index is 0.0514. The first-order chi connectivity index (χ1) is 9.06. The summed E-state index contributed by atoms with van der Waals surface area (Å²) in [5.41, 5.74) is 0.186. The predicted molar refractivity (Wildman–Crippen MR) is 72.6 cm³/mol. The van der Waals surface area contributed by atoms with Crippen molar-refractivity contribution in [1.29, 1.82) is 0 Å². The van der Waals surface area contributed by atoms with E-state index in [1.807, 2.05) is 0 Å². The van der Waals surface area contributed by atoms with Gasteiger partial charge in [0.1, 0.15) is 0 Å². The van der Waals surface area contributed by atoms with E-state index in [9.17, 15) is 9.90 Å². The summed E-state index contributed by atoms with van der Waals surface area (Å²) in [6, 6.07) is 4.88. The summed E-state index contributed by atoms with van der Waals surface area (Å²) in [5.74, 6) is -0.101. The molecule has 1 amide bonds. The van der Waals surface area contributed by atoms with Gasteiger partial charge in [0.25, 0.3) is 5.91 Å². The Bertz CT molecular complexity index is 468. The van der Waals surface area contributed by atoms with Gasteiger partial charge in [-0.25, -0.2) is 0 Å². The molecule has 3 N–H and O–H groups in total. The van der Waals surface area contributed by atoms with Gasteiger partial charge in [0.15, 0.2) is 11.5 Å². The van der Waals surface area contributed by atoms with Crippen molar-refractivity contribution in [2.24, 2.45) is 0 Å². The van der Waals surface area contributed by atoms with Gasteiger partial charge >= 0.3 is 0 Å². The Labute approximate surface area is 113 Å². The van der Waals surface area contributed by atoms with Crippen LogP contribution >= 0.6 is 0 Å². The molecular formula is C14H20N2O3. The average molecular weight is 264 g/mol. The van der Waals surface area contributed by atoms with Crippen LogP contribution in [0.2, 0.25) is 0 Å². The van der Waals surface area contributed by atoms with Gasteiger partial charge in [-0.05, 0) is 38.4 Å². The van der Waals surface area contributed by atoms with Gasteiger partial charge in [0, 0.05) is 12.1 Å². The lowest BCUT2D eigenvalue weighted by atomic mass is 10.0. The Hall–Kier alpha value is -1.75. The number of phenols is 1. The van der Waals surface area contributed by atoms with E-state index in [1.165, 1.54) is 7.11 Å². The normalized spacial score (nSPS) is 22.2. The fourth-order valence-electron chi connectivity index (χ4n) is 2.35. The van der Waals surface area contributed by atoms with E-state index in [-0.39, 0.29) is 22.8 Å². The van der Waals surface area contributed by atoms with Crippen molar-refractivity contribution in [2.45, 2.75) is 25.3 Å². The van der Waals surface area contributed by atoms with Crippen LogP contribution in [-0.2, 0) is 0 Å². The largest absolute Gasteiger partial charge is 0.504 e. The first kappa shape index (κ1) is 13.7. The van der Waals surface area contributed by atoms with Gasteiger partial charge in [-0.1, -0.05) is 6.07 Å². The number of benzene rings is 1. The molecule has 5 nitrogen and oxygen atoms in total. The van der Waals surface area contributed by atoms with Gasteiger partial charge in [0.05, 0.1) is 12.7 Å². The molecule has 0 spiro atoms. The molecule has 1 saturated heterocycles. The van der Waals surface area contributed by atoms with E-state index >= 15 is 0 Å². The van der Waals surface area contributed by atoms with Crippen LogP contribution in [0.15, 0.2) is 18.2 Å². The molecule has 0 saturated carbocycles. The number of carbonyl (C=O) groups excluding carboxylic acids is 1. The maximum absolute atomic E-state index is 12.1. The number of rotatable bonds is 4. The van der Waals surface area contributed by atoms with Gasteiger partial charge in [-0.3, -0.25) is 4.79 Å². The Morgan fingerprint density at radius 2 is 2.37 bits per heavy atom. The van der Waals surface area contributed by atoms with Crippen LogP contribution in [-0.4, -0.2) is 36.8 Å². The quantitative estimate of drug-likeness (QED) is 0.766. The lowest BCUT2D eigenvalue weighted by Crippen LogP contribution is -2.47. The molecule has 1 aromatic carbocycles. The summed E-state index contributed by atoms with van der Waals surface area (Å²) in [4.78, 5) is 12.1. The van der Waals surface area contributed by atoms with Gasteiger partial charge in [-0.2, -0.15) is 0 Å². The fraction of sp³-hybridized carbons (Fsp3) is 0.500. The first-order valence-electron chi connectivity index (χ1n) is 6.45. The Kier molecular flexibility index (Phi) is 3.95. The molecule has 1 unspecified atom stereocenters. The summed E-state index contributed by atoms with van der Waals surface area (Å²) in [7, 11) is 1.46. The van der Waals surface area contributed by atoms with Crippen molar-refractivity contribution < 1.29 is 14.6 Å². The van der Waals surface area contributed by atoms with Crippen LogP contribution in [0.5, 0.6) is 11.5 Å². The summed E-state index contributed by atoms with van der Waals surface area (Å²) in [6.07, 6.45) is 2.16. The molecule has 0 bridgehead atoms. The van der Waals surface area contributed by atoms with Gasteiger partial charge in [-0.15, -0.1) is 0 Å². The number of amides is 1. The van der Waals surface area contributed by atoms with Crippen LogP contribution in [0.4, 0.5) is 0 Å². The smallest absolute Gasteiger partial charge is 0.255 e. The third-order valence-electron chi connectivity index (χ3n) is 3.56. The summed E-state index contributed by atoms with van der Waals surface area (Å²) in [6.45, 7) is 3.62. The summed E-state index contributed by atoms with van der Waals surface area (Å²) < 4.78 is 4.99. The van der Waals surface area contributed by atoms with E-state index in [0.29, 0.717) is 12.3 Å². The van der Waals surface area contributed by atoms with Crippen molar-refractivity contribution >= 4 is 5.91 Å². The van der Waals surface area contributed by atoms with Gasteiger partial charge in [0.2, 0.25) is 0 Å². The van der Waals surface area contributed by atoms with Crippen molar-refractivity contribution in [1.82, 2.24) is 10.6 Å². The highest BCUT2D eigenvalue weighted by molar-refractivity contribution is 5.97. The molecule has 1 atom stereocenters. The minimum atomic E-state index is -0.286. The zero-order valence-electron chi connectivity index (χ0n) is 11.3. The second-order valence-corrected chi connectivity index (χ2v) is 5.13. The topological polar surface area (TPSA) is 70.6 Å². The van der Waals surface area contributed by atoms with E-state index in [0.717, 1.165) is 19.4 Å². The first-order valence-corrected chi connectivity index (χ1v) is 6.45. The Balaban J connectivity index is 2.04. The predicted octanol–water partition coefficient (Wildman–Crippen LogP) is 1.27. The summed E-state index contributed by atoms with van der Waals surface area (Å²) >= 11 is 0. The number of hydrogen-bond acceptors (Lipinski definition) is 4. The minimum Gasteiger partial charge on any atom is -0.504 e. The van der Waals surface area contributed by atoms with E-state index < -0.39 is 0 Å². The van der Waals surface area contributed by atoms with Crippen molar-refractivity contribution in [3.63, 3.8) is 0 Å². The molecule has 0 aliphatic carbocycles. The summed E-state index contributed by atoms with van der Waals surface area (Å²) in [5, 5.41) is 16.1. The van der Waals surface area contributed by atoms with Crippen LogP contribution in [0, 0.1) is 0 Å². The molecule has 5 heteroatoms. The number of phenolic OH excluding ortho intramolecular Hbond substituents is 1. The molecule has 19 heavy (non-hydrogen) atoms. The number of carbonyl (C=O) groups is 1. The van der Waals surface area contributed by atoms with Crippen molar-refractivity contribution in [3.8, 4) is 11.5 Å². The molecular weight excluding hydrogens is 244 g/mol. The molecule has 1 aromatic rings. The van der Waals surface area contributed by atoms with E-state index in [4.69, 9.17) is 4.74 Å². The zero-order valence-corrected chi connectivity index (χ0v) is 11.3. The number of para-hydroxylation sites is 1. The molecule has 1 fully saturated rings. The standard InChI is InChI=1S/C14H20N2O3/c1-14(7-4-8-16-14)9-15-13(18)10-5-3-6-11(19-2)12(10)17/h3,5-6,16-17H,4,7-9H2,1-2H3,(H,15,18). The second-order valence-electron chi connectivity index (χ2n) is 5.13. The molecule has 1 heterocycles. The Morgan fingerprint density at radius 1 is 1.58 bits per heavy atom. The van der Waals surface area contributed by atoms with E-state index in [2.05, 4.69) is 17.6 Å². The number of hydrogen-bond donors (Lipinski definition) is 3. The molecule has 0 aromatic heterocycles. The maximum Gasteiger partial charge on any atom is 0.255 e. The van der Waals surface area contributed by atoms with Crippen LogP contribution in [0.3, 0.4) is 0 Å². The number of aromatic hydroxyl groups is 1. The van der Waals surface area contributed by atoms with Crippen molar-refractivity contribution in [2.75, 3.05) is 20.2 Å². The average Bonchev–Trinajstić information content (AvgIpc) is 2.84. The van der Waals surface area contributed by atoms with Crippen LogP contribution < -0.4 is 15.4 Å². The highest BCUT2D eigenvalue weighted by atomic mass is 16.5. The fourth-order valence-corrected chi connectivity index (χ4v) is 2.35. The third-order valence-corrected chi connectivity index (χ3v) is 3.56. The number of methoxy groups -OCH3 is 1. The molecule has 0 radical (unpaired) electrons. The monoisotopic (exact) mass is 264 g/mol. The maximum atomic E-state index is 12.1. The molecule has 1 aliphatic heterocycles. The van der Waals surface area contributed by atoms with Crippen molar-refractivity contribution in [3.05, 3.63) is 23.8 Å². The lowest BCUT2D eigenvalue weighted by molar-refractivity contribution is 0.0939. The second kappa shape index (κ2) is 5.48. The Morgan fingerprint density at radius 3 is 3.00 bits per heavy atom. The highest BCUT2D eigenvalue weighted by Crippen LogP contribution is 2.29. The van der Waals surface area contributed by atoms with Gasteiger partial charge < -0.3 is 20.5 Å². The van der Waals surface area contributed by atoms with Crippen LogP contribution in [0.25, 0.3) is 0 Å². The molecule has 2 rings (SSSR count). The third kappa shape index (κ3) is 2.98. The number of ether oxygens (including phenoxy) is 1. The zero-order chi connectivity index (χ0) is 13.9. The molecule has 104 valence electrons.